The lowest BCUT2D eigenvalue weighted by Gasteiger charge is -2.30. The van der Waals surface area contributed by atoms with E-state index in [4.69, 9.17) is 5.73 Å². The highest BCUT2D eigenvalue weighted by molar-refractivity contribution is 5.80. The van der Waals surface area contributed by atoms with Crippen LogP contribution in [0.25, 0.3) is 0 Å². The van der Waals surface area contributed by atoms with Crippen molar-refractivity contribution < 1.29 is 9.59 Å². The van der Waals surface area contributed by atoms with E-state index in [9.17, 15) is 9.59 Å². The van der Waals surface area contributed by atoms with Crippen molar-refractivity contribution in [3.8, 4) is 0 Å². The fourth-order valence-electron chi connectivity index (χ4n) is 2.04. The van der Waals surface area contributed by atoms with Crippen LogP contribution >= 0.6 is 0 Å². The minimum Gasteiger partial charge on any atom is -0.369 e. The van der Waals surface area contributed by atoms with Gasteiger partial charge >= 0.3 is 0 Å². The van der Waals surface area contributed by atoms with Crippen LogP contribution in [-0.2, 0) is 9.59 Å². The van der Waals surface area contributed by atoms with Crippen molar-refractivity contribution in [3.63, 3.8) is 0 Å². The largest absolute Gasteiger partial charge is 0.369 e. The normalized spacial score (nSPS) is 22.1. The minimum absolute atomic E-state index is 0.0413. The number of nitrogens with two attached hydrogens (primary N) is 1. The van der Waals surface area contributed by atoms with Crippen LogP contribution in [0.3, 0.4) is 0 Å². The molecular formula is C11H19N3O2. The predicted molar refractivity (Wildman–Crippen MR) is 59.5 cm³/mol. The van der Waals surface area contributed by atoms with Gasteiger partial charge in [0.25, 0.3) is 0 Å². The summed E-state index contributed by atoms with van der Waals surface area (Å²) in [5, 5.41) is 3.20. The van der Waals surface area contributed by atoms with Gasteiger partial charge in [0.1, 0.15) is 0 Å². The Bertz CT molecular complexity index is 281. The Hall–Kier alpha value is -1.10. The van der Waals surface area contributed by atoms with Crippen LogP contribution in [-0.4, -0.2) is 42.4 Å². The predicted octanol–water partition coefficient (Wildman–Crippen LogP) is -0.538. The average molecular weight is 225 g/mol. The standard InChI is InChI=1S/C11H19N3O2/c12-11(16)8-3-5-14(6-4-8)10(15)7-13-9-1-2-9/h8-9,13H,1-7H2,(H2,12,16). The van der Waals surface area contributed by atoms with Crippen molar-refractivity contribution in [3.05, 3.63) is 0 Å². The smallest absolute Gasteiger partial charge is 0.236 e. The molecule has 16 heavy (non-hydrogen) atoms. The molecule has 2 amide bonds. The number of carbonyl (C=O) groups is 2. The average Bonchev–Trinajstić information content (AvgIpc) is 3.10. The number of piperidine rings is 1. The summed E-state index contributed by atoms with van der Waals surface area (Å²) >= 11 is 0. The molecular weight excluding hydrogens is 206 g/mol. The molecule has 1 aliphatic heterocycles. The van der Waals surface area contributed by atoms with Crippen LogP contribution in [0.15, 0.2) is 0 Å². The van der Waals surface area contributed by atoms with Crippen molar-refractivity contribution in [2.75, 3.05) is 19.6 Å². The van der Waals surface area contributed by atoms with Gasteiger partial charge in [-0.2, -0.15) is 0 Å². The highest BCUT2D eigenvalue weighted by Gasteiger charge is 2.27. The lowest BCUT2D eigenvalue weighted by atomic mass is 9.96. The van der Waals surface area contributed by atoms with Crippen LogP contribution in [0.1, 0.15) is 25.7 Å². The molecule has 5 nitrogen and oxygen atoms in total. The third-order valence-corrected chi connectivity index (χ3v) is 3.37. The molecule has 2 aliphatic rings. The molecule has 2 fully saturated rings. The quantitative estimate of drug-likeness (QED) is 0.675. The van der Waals surface area contributed by atoms with Crippen molar-refractivity contribution in [2.45, 2.75) is 31.7 Å². The Labute approximate surface area is 95.3 Å². The molecule has 1 heterocycles. The van der Waals surface area contributed by atoms with Crippen molar-refractivity contribution >= 4 is 11.8 Å². The second-order valence-corrected chi connectivity index (χ2v) is 4.71. The van der Waals surface area contributed by atoms with E-state index in [-0.39, 0.29) is 17.7 Å². The SMILES string of the molecule is NC(=O)C1CCN(C(=O)CNC2CC2)CC1. The zero-order chi connectivity index (χ0) is 11.5. The fourth-order valence-corrected chi connectivity index (χ4v) is 2.04. The molecule has 0 unspecified atom stereocenters. The van der Waals surface area contributed by atoms with Crippen molar-refractivity contribution in [2.24, 2.45) is 11.7 Å². The lowest BCUT2D eigenvalue weighted by Crippen LogP contribution is -2.45. The van der Waals surface area contributed by atoms with Gasteiger partial charge in [-0.25, -0.2) is 0 Å². The summed E-state index contributed by atoms with van der Waals surface area (Å²) in [7, 11) is 0. The van der Waals surface area contributed by atoms with Crippen LogP contribution in [0.2, 0.25) is 0 Å². The summed E-state index contributed by atoms with van der Waals surface area (Å²) in [6, 6.07) is 0.562. The molecule has 0 atom stereocenters. The van der Waals surface area contributed by atoms with E-state index in [1.54, 1.807) is 0 Å². The van der Waals surface area contributed by atoms with E-state index >= 15 is 0 Å². The fraction of sp³-hybridized carbons (Fsp3) is 0.818. The highest BCUT2D eigenvalue weighted by atomic mass is 16.2. The van der Waals surface area contributed by atoms with E-state index < -0.39 is 0 Å². The van der Waals surface area contributed by atoms with E-state index in [1.165, 1.54) is 12.8 Å². The number of hydrogen-bond donors (Lipinski definition) is 2. The van der Waals surface area contributed by atoms with Gasteiger partial charge in [0, 0.05) is 25.0 Å². The molecule has 3 N–H and O–H groups in total. The third-order valence-electron chi connectivity index (χ3n) is 3.37. The topological polar surface area (TPSA) is 75.4 Å². The molecule has 2 rings (SSSR count). The zero-order valence-electron chi connectivity index (χ0n) is 9.45. The molecule has 0 aromatic heterocycles. The maximum Gasteiger partial charge on any atom is 0.236 e. The van der Waals surface area contributed by atoms with Crippen LogP contribution < -0.4 is 11.1 Å². The first kappa shape index (κ1) is 11.4. The Kier molecular flexibility index (Phi) is 3.43. The van der Waals surface area contributed by atoms with Gasteiger partial charge in [-0.3, -0.25) is 9.59 Å². The Morgan fingerprint density at radius 3 is 2.31 bits per heavy atom. The van der Waals surface area contributed by atoms with Gasteiger partial charge in [0.15, 0.2) is 0 Å². The van der Waals surface area contributed by atoms with Crippen LogP contribution in [0.4, 0.5) is 0 Å². The number of nitrogens with zero attached hydrogens (tertiary/aromatic N) is 1. The molecule has 0 aromatic carbocycles. The van der Waals surface area contributed by atoms with E-state index in [2.05, 4.69) is 5.32 Å². The van der Waals surface area contributed by atoms with Gasteiger partial charge in [-0.05, 0) is 25.7 Å². The summed E-state index contributed by atoms with van der Waals surface area (Å²) in [5.74, 6) is -0.126. The van der Waals surface area contributed by atoms with E-state index in [0.29, 0.717) is 38.5 Å². The van der Waals surface area contributed by atoms with Crippen LogP contribution in [0, 0.1) is 5.92 Å². The summed E-state index contributed by atoms with van der Waals surface area (Å²) in [6.45, 7) is 1.77. The Balaban J connectivity index is 1.70. The van der Waals surface area contributed by atoms with E-state index in [1.807, 2.05) is 4.90 Å². The molecule has 90 valence electrons. The number of carbonyl (C=O) groups excluding carboxylic acids is 2. The van der Waals surface area contributed by atoms with Crippen molar-refractivity contribution in [1.29, 1.82) is 0 Å². The molecule has 1 saturated carbocycles. The molecule has 0 bridgehead atoms. The molecule has 5 heteroatoms. The number of nitrogens with one attached hydrogen (secondary N) is 1. The first-order chi connectivity index (χ1) is 7.66. The number of amides is 2. The van der Waals surface area contributed by atoms with Gasteiger partial charge < -0.3 is 16.0 Å². The molecule has 1 aliphatic carbocycles. The van der Waals surface area contributed by atoms with Gasteiger partial charge in [0.2, 0.25) is 11.8 Å². The van der Waals surface area contributed by atoms with E-state index in [0.717, 1.165) is 0 Å². The number of hydrogen-bond acceptors (Lipinski definition) is 3. The molecule has 1 saturated heterocycles. The minimum atomic E-state index is -0.233. The summed E-state index contributed by atoms with van der Waals surface area (Å²) < 4.78 is 0. The second-order valence-electron chi connectivity index (χ2n) is 4.71. The number of likely N-dealkylation sites (tertiary alicyclic amines) is 1. The molecule has 0 radical (unpaired) electrons. The Morgan fingerprint density at radius 2 is 1.81 bits per heavy atom. The Morgan fingerprint density at radius 1 is 1.19 bits per heavy atom. The van der Waals surface area contributed by atoms with Gasteiger partial charge in [-0.15, -0.1) is 0 Å². The van der Waals surface area contributed by atoms with Crippen molar-refractivity contribution in [1.82, 2.24) is 10.2 Å². The first-order valence-electron chi connectivity index (χ1n) is 5.97. The molecule has 0 aromatic rings. The third kappa shape index (κ3) is 2.95. The summed E-state index contributed by atoms with van der Waals surface area (Å²) in [4.78, 5) is 24.5. The lowest BCUT2D eigenvalue weighted by molar-refractivity contribution is -0.134. The highest BCUT2D eigenvalue weighted by Crippen LogP contribution is 2.19. The summed E-state index contributed by atoms with van der Waals surface area (Å²) in [6.07, 6.45) is 3.81. The first-order valence-corrected chi connectivity index (χ1v) is 5.97. The summed E-state index contributed by atoms with van der Waals surface area (Å²) in [5.41, 5.74) is 5.24. The maximum atomic E-state index is 11.8. The monoisotopic (exact) mass is 225 g/mol. The van der Waals surface area contributed by atoms with Gasteiger partial charge in [0.05, 0.1) is 6.54 Å². The zero-order valence-corrected chi connectivity index (χ0v) is 9.45. The van der Waals surface area contributed by atoms with Crippen LogP contribution in [0.5, 0.6) is 0 Å². The molecule has 0 spiro atoms. The number of rotatable bonds is 4. The second kappa shape index (κ2) is 4.82. The van der Waals surface area contributed by atoms with Gasteiger partial charge in [-0.1, -0.05) is 0 Å². The maximum absolute atomic E-state index is 11.8. The number of primary amides is 1.